The Balaban J connectivity index is 1.70. The number of hydrogen-bond acceptors (Lipinski definition) is 2. The van der Waals surface area contributed by atoms with Crippen LogP contribution in [0.15, 0.2) is 0 Å². The van der Waals surface area contributed by atoms with Gasteiger partial charge in [0.05, 0.1) is 0 Å². The van der Waals surface area contributed by atoms with Crippen LogP contribution in [0.25, 0.3) is 0 Å². The zero-order valence-corrected chi connectivity index (χ0v) is 8.59. The molecule has 2 rings (SSSR count). The molecule has 14 heavy (non-hydrogen) atoms. The molecule has 1 unspecified atom stereocenters. The van der Waals surface area contributed by atoms with Gasteiger partial charge in [-0.15, -0.1) is 0 Å². The Hall–Kier alpha value is -0.770. The monoisotopic (exact) mass is 197 g/mol. The molecule has 2 fully saturated rings. The predicted octanol–water partition coefficient (Wildman–Crippen LogP) is 0.401. The van der Waals surface area contributed by atoms with Gasteiger partial charge in [0.15, 0.2) is 0 Å². The van der Waals surface area contributed by atoms with Gasteiger partial charge >= 0.3 is 6.03 Å². The molecule has 0 saturated carbocycles. The third-order valence-corrected chi connectivity index (χ3v) is 3.14. The molecule has 2 heterocycles. The molecule has 80 valence electrons. The van der Waals surface area contributed by atoms with Crippen LogP contribution in [0.3, 0.4) is 0 Å². The lowest BCUT2D eigenvalue weighted by Crippen LogP contribution is -2.46. The second kappa shape index (κ2) is 4.64. The molecule has 1 atom stereocenters. The summed E-state index contributed by atoms with van der Waals surface area (Å²) in [6, 6.07) is 0.127. The third kappa shape index (κ3) is 2.38. The maximum atomic E-state index is 11.4. The number of nitrogens with zero attached hydrogens (tertiary/aromatic N) is 1. The van der Waals surface area contributed by atoms with Gasteiger partial charge in [0.25, 0.3) is 0 Å². The van der Waals surface area contributed by atoms with Crippen LogP contribution in [0.4, 0.5) is 4.79 Å². The fraction of sp³-hybridized carbons (Fsp3) is 0.900. The van der Waals surface area contributed by atoms with E-state index in [1.54, 1.807) is 0 Å². The van der Waals surface area contributed by atoms with Gasteiger partial charge in [-0.1, -0.05) is 0 Å². The molecule has 0 spiro atoms. The second-order valence-electron chi connectivity index (χ2n) is 4.22. The molecule has 0 bridgehead atoms. The first-order valence-electron chi connectivity index (χ1n) is 5.60. The van der Waals surface area contributed by atoms with Crippen molar-refractivity contribution in [3.05, 3.63) is 0 Å². The van der Waals surface area contributed by atoms with Gasteiger partial charge in [0.2, 0.25) is 0 Å². The molecule has 2 saturated heterocycles. The highest BCUT2D eigenvalue weighted by Crippen LogP contribution is 2.13. The normalized spacial score (nSPS) is 27.9. The fourth-order valence-electron chi connectivity index (χ4n) is 2.19. The smallest absolute Gasteiger partial charge is 0.317 e. The van der Waals surface area contributed by atoms with Crippen LogP contribution in [0.2, 0.25) is 0 Å². The molecule has 0 radical (unpaired) electrons. The van der Waals surface area contributed by atoms with Gasteiger partial charge in [-0.25, -0.2) is 4.79 Å². The van der Waals surface area contributed by atoms with E-state index in [1.807, 2.05) is 4.90 Å². The van der Waals surface area contributed by atoms with Crippen LogP contribution in [0, 0.1) is 5.92 Å². The molecule has 0 aromatic carbocycles. The van der Waals surface area contributed by atoms with Crippen molar-refractivity contribution < 1.29 is 4.79 Å². The largest absolute Gasteiger partial charge is 0.338 e. The Morgan fingerprint density at radius 3 is 3.07 bits per heavy atom. The van der Waals surface area contributed by atoms with Crippen LogP contribution in [-0.4, -0.2) is 43.7 Å². The second-order valence-corrected chi connectivity index (χ2v) is 4.22. The zero-order valence-electron chi connectivity index (χ0n) is 8.59. The molecule has 0 aromatic heterocycles. The van der Waals surface area contributed by atoms with E-state index < -0.39 is 0 Å². The van der Waals surface area contributed by atoms with Gasteiger partial charge in [-0.2, -0.15) is 0 Å². The maximum Gasteiger partial charge on any atom is 0.317 e. The van der Waals surface area contributed by atoms with E-state index in [-0.39, 0.29) is 6.03 Å². The van der Waals surface area contributed by atoms with Gasteiger partial charge in [0, 0.05) is 19.6 Å². The molecule has 0 aromatic rings. The van der Waals surface area contributed by atoms with Crippen LogP contribution < -0.4 is 10.6 Å². The topological polar surface area (TPSA) is 44.4 Å². The van der Waals surface area contributed by atoms with E-state index in [1.165, 1.54) is 6.42 Å². The average molecular weight is 197 g/mol. The van der Waals surface area contributed by atoms with E-state index in [0.29, 0.717) is 0 Å². The van der Waals surface area contributed by atoms with E-state index in [4.69, 9.17) is 0 Å². The lowest BCUT2D eigenvalue weighted by Gasteiger charge is -2.28. The third-order valence-electron chi connectivity index (χ3n) is 3.14. The Labute approximate surface area is 85.0 Å². The number of carbonyl (C=O) groups is 1. The Bertz CT molecular complexity index is 202. The molecule has 2 N–H and O–H groups in total. The lowest BCUT2D eigenvalue weighted by molar-refractivity contribution is 0.182. The molecule has 4 heteroatoms. The Morgan fingerprint density at radius 2 is 2.36 bits per heavy atom. The number of nitrogens with one attached hydrogen (secondary N) is 2. The van der Waals surface area contributed by atoms with Crippen LogP contribution in [0.1, 0.15) is 19.3 Å². The standard InChI is InChI=1S/C10H19N3O/c14-10-12-4-1-6-13(10)7-3-9-2-5-11-8-9/h9,11H,1-8H2,(H,12,14). The van der Waals surface area contributed by atoms with Crippen LogP contribution in [0.5, 0.6) is 0 Å². The van der Waals surface area contributed by atoms with Crippen molar-refractivity contribution in [2.24, 2.45) is 5.92 Å². The van der Waals surface area contributed by atoms with Crippen LogP contribution in [-0.2, 0) is 0 Å². The Morgan fingerprint density at radius 1 is 1.43 bits per heavy atom. The summed E-state index contributed by atoms with van der Waals surface area (Å²) in [5.41, 5.74) is 0. The fourth-order valence-corrected chi connectivity index (χ4v) is 2.19. The number of hydrogen-bond donors (Lipinski definition) is 2. The number of rotatable bonds is 3. The van der Waals surface area contributed by atoms with Gasteiger partial charge < -0.3 is 15.5 Å². The summed E-state index contributed by atoms with van der Waals surface area (Å²) in [6.45, 7) is 5.00. The van der Waals surface area contributed by atoms with Crippen molar-refractivity contribution in [2.75, 3.05) is 32.7 Å². The quantitative estimate of drug-likeness (QED) is 0.688. The van der Waals surface area contributed by atoms with E-state index in [9.17, 15) is 4.79 Å². The highest BCUT2D eigenvalue weighted by atomic mass is 16.2. The first-order chi connectivity index (χ1) is 6.86. The Kier molecular flexibility index (Phi) is 3.24. The zero-order chi connectivity index (χ0) is 9.80. The summed E-state index contributed by atoms with van der Waals surface area (Å²) >= 11 is 0. The van der Waals surface area contributed by atoms with E-state index in [2.05, 4.69) is 10.6 Å². The van der Waals surface area contributed by atoms with E-state index in [0.717, 1.165) is 51.5 Å². The molecule has 2 amide bonds. The van der Waals surface area contributed by atoms with Crippen molar-refractivity contribution in [1.29, 1.82) is 0 Å². The number of carbonyl (C=O) groups excluding carboxylic acids is 1. The lowest BCUT2D eigenvalue weighted by atomic mass is 10.0. The highest BCUT2D eigenvalue weighted by Gasteiger charge is 2.20. The van der Waals surface area contributed by atoms with E-state index >= 15 is 0 Å². The minimum absolute atomic E-state index is 0.127. The highest BCUT2D eigenvalue weighted by molar-refractivity contribution is 5.74. The summed E-state index contributed by atoms with van der Waals surface area (Å²) in [5.74, 6) is 0.782. The van der Waals surface area contributed by atoms with Gasteiger partial charge in [0.1, 0.15) is 0 Å². The van der Waals surface area contributed by atoms with Gasteiger partial charge in [-0.05, 0) is 38.3 Å². The molecular formula is C10H19N3O. The van der Waals surface area contributed by atoms with Gasteiger partial charge in [-0.3, -0.25) is 0 Å². The molecule has 2 aliphatic rings. The molecule has 4 nitrogen and oxygen atoms in total. The van der Waals surface area contributed by atoms with Crippen LogP contribution >= 0.6 is 0 Å². The van der Waals surface area contributed by atoms with Crippen molar-refractivity contribution in [2.45, 2.75) is 19.3 Å². The predicted molar refractivity (Wildman–Crippen MR) is 55.2 cm³/mol. The van der Waals surface area contributed by atoms with Crippen molar-refractivity contribution >= 4 is 6.03 Å². The molecule has 2 aliphatic heterocycles. The summed E-state index contributed by atoms with van der Waals surface area (Å²) in [6.07, 6.45) is 3.52. The SMILES string of the molecule is O=C1NCCCN1CCC1CCNC1. The van der Waals surface area contributed by atoms with Crippen molar-refractivity contribution in [1.82, 2.24) is 15.5 Å². The minimum atomic E-state index is 0.127. The summed E-state index contributed by atoms with van der Waals surface area (Å²) in [4.78, 5) is 13.3. The summed E-state index contributed by atoms with van der Waals surface area (Å²) in [7, 11) is 0. The first kappa shape index (κ1) is 9.77. The summed E-state index contributed by atoms with van der Waals surface area (Å²) in [5, 5.41) is 6.23. The maximum absolute atomic E-state index is 11.4. The summed E-state index contributed by atoms with van der Waals surface area (Å²) < 4.78 is 0. The average Bonchev–Trinajstić information content (AvgIpc) is 2.69. The number of urea groups is 1. The molecule has 0 aliphatic carbocycles. The minimum Gasteiger partial charge on any atom is -0.338 e. The number of amides is 2. The first-order valence-corrected chi connectivity index (χ1v) is 5.60. The van der Waals surface area contributed by atoms with Crippen molar-refractivity contribution in [3.8, 4) is 0 Å². The molecular weight excluding hydrogens is 178 g/mol. The van der Waals surface area contributed by atoms with Crippen molar-refractivity contribution in [3.63, 3.8) is 0 Å².